The summed E-state index contributed by atoms with van der Waals surface area (Å²) in [6, 6.07) is 0. The van der Waals surface area contributed by atoms with E-state index >= 15 is 0 Å². The van der Waals surface area contributed by atoms with Gasteiger partial charge in [0.05, 0.1) is 18.4 Å². The van der Waals surface area contributed by atoms with E-state index in [0.29, 0.717) is 0 Å². The van der Waals surface area contributed by atoms with E-state index < -0.39 is 9.84 Å². The summed E-state index contributed by atoms with van der Waals surface area (Å²) < 4.78 is 27.0. The molecule has 1 N–H and O–H groups in total. The Morgan fingerprint density at radius 3 is 2.47 bits per heavy atom. The summed E-state index contributed by atoms with van der Waals surface area (Å²) in [7, 11) is -2.96. The van der Waals surface area contributed by atoms with Crippen molar-refractivity contribution in [1.29, 1.82) is 0 Å². The summed E-state index contributed by atoms with van der Waals surface area (Å²) in [5.74, 6) is -0.178. The molecule has 5 nitrogen and oxygen atoms in total. The molecule has 0 spiro atoms. The molecule has 0 amide bonds. The van der Waals surface area contributed by atoms with Crippen molar-refractivity contribution in [3.05, 3.63) is 0 Å². The summed E-state index contributed by atoms with van der Waals surface area (Å²) >= 11 is 0. The second-order valence-electron chi connectivity index (χ2n) is 3.45. The highest BCUT2D eigenvalue weighted by Gasteiger charge is 2.08. The quantitative estimate of drug-likeness (QED) is 0.497. The number of hydrogen-bond acceptors (Lipinski definition) is 5. The number of esters is 1. The summed E-state index contributed by atoms with van der Waals surface area (Å²) in [6.45, 7) is 5.46. The molecular weight excluding hydrogens is 218 g/mol. The van der Waals surface area contributed by atoms with E-state index in [4.69, 9.17) is 4.74 Å². The van der Waals surface area contributed by atoms with Crippen LogP contribution >= 0.6 is 0 Å². The highest BCUT2D eigenvalue weighted by Crippen LogP contribution is 1.89. The lowest BCUT2D eigenvalue weighted by molar-refractivity contribution is -0.146. The van der Waals surface area contributed by atoms with Crippen molar-refractivity contribution in [2.24, 2.45) is 0 Å². The van der Waals surface area contributed by atoms with Gasteiger partial charge in [-0.2, -0.15) is 0 Å². The van der Waals surface area contributed by atoms with Crippen molar-refractivity contribution < 1.29 is 17.9 Å². The van der Waals surface area contributed by atoms with Crippen LogP contribution in [-0.4, -0.2) is 45.1 Å². The van der Waals surface area contributed by atoms with Crippen LogP contribution in [0.15, 0.2) is 0 Å². The minimum Gasteiger partial charge on any atom is -0.462 e. The molecule has 0 unspecified atom stereocenters. The van der Waals surface area contributed by atoms with Crippen LogP contribution in [0.2, 0.25) is 0 Å². The summed E-state index contributed by atoms with van der Waals surface area (Å²) in [4.78, 5) is 11.0. The third-order valence-corrected chi connectivity index (χ3v) is 3.37. The average molecular weight is 237 g/mol. The summed E-state index contributed by atoms with van der Waals surface area (Å²) in [5.41, 5.74) is 0. The molecule has 0 aliphatic heterocycles. The van der Waals surface area contributed by atoms with Gasteiger partial charge < -0.3 is 10.1 Å². The molecule has 0 bridgehead atoms. The van der Waals surface area contributed by atoms with Crippen LogP contribution in [0.25, 0.3) is 0 Å². The highest BCUT2D eigenvalue weighted by atomic mass is 32.2. The number of nitrogens with one attached hydrogen (secondary N) is 1. The molecule has 0 aliphatic rings. The molecule has 0 aromatic carbocycles. The molecule has 0 aromatic heterocycles. The Morgan fingerprint density at radius 1 is 1.40 bits per heavy atom. The Morgan fingerprint density at radius 2 is 2.00 bits per heavy atom. The van der Waals surface area contributed by atoms with Gasteiger partial charge in [0.1, 0.15) is 0 Å². The van der Waals surface area contributed by atoms with Crippen LogP contribution < -0.4 is 5.32 Å². The molecular formula is C9H19NO4S. The predicted molar refractivity (Wildman–Crippen MR) is 58.4 cm³/mol. The molecule has 0 rings (SSSR count). The van der Waals surface area contributed by atoms with Crippen LogP contribution in [0, 0.1) is 0 Å². The Bertz CT molecular complexity index is 284. The smallest absolute Gasteiger partial charge is 0.320 e. The second-order valence-corrected chi connectivity index (χ2v) is 5.92. The molecule has 0 radical (unpaired) electrons. The number of carbonyl (C=O) groups excluding carboxylic acids is 1. The van der Waals surface area contributed by atoms with Crippen LogP contribution in [0.1, 0.15) is 20.8 Å². The van der Waals surface area contributed by atoms with Crippen molar-refractivity contribution in [3.63, 3.8) is 0 Å². The first-order valence-corrected chi connectivity index (χ1v) is 6.80. The summed E-state index contributed by atoms with van der Waals surface area (Å²) in [5, 5.41) is 2.73. The maximum absolute atomic E-state index is 11.1. The molecule has 0 saturated heterocycles. The third-order valence-electron chi connectivity index (χ3n) is 1.67. The van der Waals surface area contributed by atoms with E-state index in [9.17, 15) is 13.2 Å². The molecule has 90 valence electrons. The van der Waals surface area contributed by atoms with Gasteiger partial charge in [0.25, 0.3) is 0 Å². The number of sulfone groups is 1. The molecule has 15 heavy (non-hydrogen) atoms. The number of carbonyl (C=O) groups is 1. The Balaban J connectivity index is 3.59. The molecule has 0 aromatic rings. The molecule has 0 heterocycles. The van der Waals surface area contributed by atoms with Crippen molar-refractivity contribution in [2.75, 3.05) is 24.6 Å². The van der Waals surface area contributed by atoms with Crippen LogP contribution in [0.4, 0.5) is 0 Å². The highest BCUT2D eigenvalue weighted by molar-refractivity contribution is 7.91. The maximum Gasteiger partial charge on any atom is 0.320 e. The second kappa shape index (κ2) is 6.79. The Kier molecular flexibility index (Phi) is 6.51. The molecule has 0 fully saturated rings. The fourth-order valence-corrected chi connectivity index (χ4v) is 1.61. The number of hydrogen-bond donors (Lipinski definition) is 1. The molecule has 0 atom stereocenters. The zero-order valence-electron chi connectivity index (χ0n) is 9.45. The van der Waals surface area contributed by atoms with Crippen molar-refractivity contribution in [3.8, 4) is 0 Å². The van der Waals surface area contributed by atoms with Gasteiger partial charge in [-0.1, -0.05) is 6.92 Å². The van der Waals surface area contributed by atoms with Gasteiger partial charge in [-0.15, -0.1) is 0 Å². The van der Waals surface area contributed by atoms with Gasteiger partial charge in [0.15, 0.2) is 9.84 Å². The third kappa shape index (κ3) is 8.38. The van der Waals surface area contributed by atoms with Crippen molar-refractivity contribution in [2.45, 2.75) is 26.9 Å². The van der Waals surface area contributed by atoms with Gasteiger partial charge in [-0.05, 0) is 13.8 Å². The summed E-state index contributed by atoms with van der Waals surface area (Å²) in [6.07, 6.45) is -0.140. The first-order valence-electron chi connectivity index (χ1n) is 4.98. The van der Waals surface area contributed by atoms with E-state index in [1.165, 1.54) is 0 Å². The van der Waals surface area contributed by atoms with Gasteiger partial charge in [0.2, 0.25) is 0 Å². The van der Waals surface area contributed by atoms with Gasteiger partial charge in [0, 0.05) is 12.3 Å². The molecule has 0 saturated carbocycles. The van der Waals surface area contributed by atoms with E-state index in [-0.39, 0.29) is 36.7 Å². The normalized spacial score (nSPS) is 11.7. The number of ether oxygens (including phenoxy) is 1. The van der Waals surface area contributed by atoms with E-state index in [2.05, 4.69) is 5.32 Å². The lowest BCUT2D eigenvalue weighted by Gasteiger charge is -2.08. The van der Waals surface area contributed by atoms with Crippen LogP contribution in [0.3, 0.4) is 0 Å². The maximum atomic E-state index is 11.1. The zero-order valence-corrected chi connectivity index (χ0v) is 10.3. The topological polar surface area (TPSA) is 72.5 Å². The lowest BCUT2D eigenvalue weighted by Crippen LogP contribution is -2.30. The standard InChI is InChI=1S/C9H19NO4S/c1-4-15(12,13)6-5-10-7-9(11)14-8(2)3/h8,10H,4-7H2,1-3H3. The van der Waals surface area contributed by atoms with E-state index in [1.807, 2.05) is 0 Å². The Hall–Kier alpha value is -0.620. The van der Waals surface area contributed by atoms with Crippen LogP contribution in [-0.2, 0) is 19.4 Å². The molecule has 0 aliphatic carbocycles. The SMILES string of the molecule is CCS(=O)(=O)CCNCC(=O)OC(C)C. The van der Waals surface area contributed by atoms with E-state index in [0.717, 1.165) is 0 Å². The van der Waals surface area contributed by atoms with E-state index in [1.54, 1.807) is 20.8 Å². The largest absolute Gasteiger partial charge is 0.462 e. The van der Waals surface area contributed by atoms with Crippen LogP contribution in [0.5, 0.6) is 0 Å². The number of rotatable bonds is 7. The fourth-order valence-electron chi connectivity index (χ4n) is 0.867. The first kappa shape index (κ1) is 14.4. The first-order chi connectivity index (χ1) is 6.87. The minimum absolute atomic E-state index is 0.0530. The fraction of sp³-hybridized carbons (Fsp3) is 0.889. The van der Waals surface area contributed by atoms with Crippen molar-refractivity contribution >= 4 is 15.8 Å². The monoisotopic (exact) mass is 237 g/mol. The Labute approximate surface area is 91.1 Å². The van der Waals surface area contributed by atoms with Gasteiger partial charge >= 0.3 is 5.97 Å². The predicted octanol–water partition coefficient (Wildman–Crippen LogP) is -0.0377. The zero-order chi connectivity index (χ0) is 11.9. The average Bonchev–Trinajstić information content (AvgIpc) is 2.11. The lowest BCUT2D eigenvalue weighted by atomic mass is 10.5. The van der Waals surface area contributed by atoms with Gasteiger partial charge in [-0.25, -0.2) is 8.42 Å². The molecule has 6 heteroatoms. The van der Waals surface area contributed by atoms with Gasteiger partial charge in [-0.3, -0.25) is 4.79 Å². The van der Waals surface area contributed by atoms with Crippen molar-refractivity contribution in [1.82, 2.24) is 5.32 Å². The minimum atomic E-state index is -2.96.